The second-order valence-electron chi connectivity index (χ2n) is 3.92. The van der Waals surface area contributed by atoms with Crippen molar-refractivity contribution >= 4 is 15.7 Å². The van der Waals surface area contributed by atoms with E-state index in [9.17, 15) is 8.42 Å². The van der Waals surface area contributed by atoms with E-state index in [1.54, 1.807) is 0 Å². The Morgan fingerprint density at radius 2 is 2.07 bits per heavy atom. The van der Waals surface area contributed by atoms with Gasteiger partial charge in [-0.3, -0.25) is 0 Å². The molecule has 1 aliphatic rings. The summed E-state index contributed by atoms with van der Waals surface area (Å²) in [6.07, 6.45) is 0.513. The monoisotopic (exact) mass is 226 g/mol. The second-order valence-corrected chi connectivity index (χ2v) is 5.77. The highest BCUT2D eigenvalue weighted by molar-refractivity contribution is 7.89. The summed E-state index contributed by atoms with van der Waals surface area (Å²) in [5.41, 5.74) is 2.14. The van der Waals surface area contributed by atoms with Gasteiger partial charge in [0.1, 0.15) is 0 Å². The average molecular weight is 226 g/mol. The van der Waals surface area contributed by atoms with Crippen LogP contribution in [0.1, 0.15) is 5.56 Å². The van der Waals surface area contributed by atoms with Gasteiger partial charge >= 0.3 is 0 Å². The molecule has 0 aromatic heterocycles. The predicted octanol–water partition coefficient (Wildman–Crippen LogP) is 0.336. The largest absolute Gasteiger partial charge is 0.373 e. The topological polar surface area (TPSA) is 63.4 Å². The number of primary sulfonamides is 1. The lowest BCUT2D eigenvalue weighted by molar-refractivity contribution is 0.574. The summed E-state index contributed by atoms with van der Waals surface area (Å²) in [5, 5.41) is 4.69. The molecule has 4 nitrogen and oxygen atoms in total. The molecule has 0 amide bonds. The van der Waals surface area contributed by atoms with Crippen LogP contribution in [0.4, 0.5) is 5.69 Å². The van der Waals surface area contributed by atoms with Crippen molar-refractivity contribution in [3.63, 3.8) is 0 Å². The van der Waals surface area contributed by atoms with Crippen LogP contribution in [0.2, 0.25) is 0 Å². The van der Waals surface area contributed by atoms with Gasteiger partial charge in [0.25, 0.3) is 0 Å². The molecule has 0 aliphatic carbocycles. The number of hydrogen-bond acceptors (Lipinski definition) is 3. The maximum absolute atomic E-state index is 11.3. The van der Waals surface area contributed by atoms with Gasteiger partial charge in [-0.15, -0.1) is 0 Å². The zero-order valence-electron chi connectivity index (χ0n) is 8.55. The quantitative estimate of drug-likeness (QED) is 0.751. The Bertz CT molecular complexity index is 470. The van der Waals surface area contributed by atoms with Crippen molar-refractivity contribution in [2.24, 2.45) is 5.14 Å². The van der Waals surface area contributed by atoms with Crippen molar-refractivity contribution < 1.29 is 8.42 Å². The van der Waals surface area contributed by atoms with Crippen molar-refractivity contribution in [3.05, 3.63) is 29.8 Å². The lowest BCUT2D eigenvalue weighted by Crippen LogP contribution is -2.43. The molecular weight excluding hydrogens is 212 g/mol. The zero-order chi connectivity index (χ0) is 11.1. The summed E-state index contributed by atoms with van der Waals surface area (Å²) >= 11 is 0. The van der Waals surface area contributed by atoms with Crippen LogP contribution < -0.4 is 10.0 Å². The smallest absolute Gasteiger partial charge is 0.214 e. The fraction of sp³-hybridized carbons (Fsp3) is 0.400. The van der Waals surface area contributed by atoms with E-state index in [0.717, 1.165) is 11.3 Å². The van der Waals surface area contributed by atoms with Gasteiger partial charge in [0.15, 0.2) is 0 Å². The fourth-order valence-electron chi connectivity index (χ4n) is 1.99. The number of nitrogens with two attached hydrogens (primary N) is 1. The summed E-state index contributed by atoms with van der Waals surface area (Å²) in [5.74, 6) is 0. The minimum atomic E-state index is -3.44. The van der Waals surface area contributed by atoms with Gasteiger partial charge in [-0.05, 0) is 18.1 Å². The van der Waals surface area contributed by atoms with E-state index >= 15 is 0 Å². The first kappa shape index (κ1) is 10.4. The van der Waals surface area contributed by atoms with E-state index < -0.39 is 15.3 Å². The van der Waals surface area contributed by atoms with Crippen LogP contribution in [-0.4, -0.2) is 27.3 Å². The molecule has 15 heavy (non-hydrogen) atoms. The Labute approximate surface area is 89.7 Å². The molecule has 0 bridgehead atoms. The number of para-hydroxylation sites is 1. The number of fused-ring (bicyclic) bond motifs is 1. The number of sulfonamides is 1. The van der Waals surface area contributed by atoms with Gasteiger partial charge in [0.05, 0.1) is 5.25 Å². The van der Waals surface area contributed by atoms with E-state index in [1.165, 1.54) is 0 Å². The Morgan fingerprint density at radius 1 is 1.40 bits per heavy atom. The highest BCUT2D eigenvalue weighted by atomic mass is 32.2. The van der Waals surface area contributed by atoms with Gasteiger partial charge < -0.3 is 4.90 Å². The van der Waals surface area contributed by atoms with Gasteiger partial charge in [-0.1, -0.05) is 18.2 Å². The summed E-state index contributed by atoms with van der Waals surface area (Å²) in [6.45, 7) is 0.468. The maximum atomic E-state index is 11.3. The fourth-order valence-corrected chi connectivity index (χ4v) is 2.83. The Morgan fingerprint density at radius 3 is 2.73 bits per heavy atom. The number of rotatable bonds is 1. The van der Waals surface area contributed by atoms with Crippen LogP contribution in [0.15, 0.2) is 24.3 Å². The Hall–Kier alpha value is -1.07. The number of hydrogen-bond donors (Lipinski definition) is 1. The first-order valence-corrected chi connectivity index (χ1v) is 6.40. The van der Waals surface area contributed by atoms with Crippen LogP contribution in [0.3, 0.4) is 0 Å². The minimum Gasteiger partial charge on any atom is -0.373 e. The van der Waals surface area contributed by atoms with Gasteiger partial charge in [0, 0.05) is 19.3 Å². The molecule has 0 saturated heterocycles. The summed E-state index contributed by atoms with van der Waals surface area (Å²) in [4.78, 5) is 1.94. The van der Waals surface area contributed by atoms with Crippen molar-refractivity contribution in [2.75, 3.05) is 18.5 Å². The number of benzene rings is 1. The third-order valence-electron chi connectivity index (χ3n) is 2.79. The molecule has 1 atom stereocenters. The lowest BCUT2D eigenvalue weighted by atomic mass is 10.0. The maximum Gasteiger partial charge on any atom is 0.214 e. The zero-order valence-corrected chi connectivity index (χ0v) is 9.37. The van der Waals surface area contributed by atoms with Crippen molar-refractivity contribution in [2.45, 2.75) is 11.7 Å². The molecule has 0 fully saturated rings. The Balaban J connectivity index is 2.39. The second kappa shape index (κ2) is 3.50. The molecule has 0 saturated carbocycles. The van der Waals surface area contributed by atoms with Gasteiger partial charge in [0.2, 0.25) is 10.0 Å². The first-order chi connectivity index (χ1) is 6.98. The molecule has 2 N–H and O–H groups in total. The van der Waals surface area contributed by atoms with E-state index in [0.29, 0.717) is 13.0 Å². The summed E-state index contributed by atoms with van der Waals surface area (Å²) in [7, 11) is -1.56. The average Bonchev–Trinajstić information content (AvgIpc) is 2.16. The lowest BCUT2D eigenvalue weighted by Gasteiger charge is -2.32. The SMILES string of the molecule is CN1CC(S(N)(=O)=O)Cc2ccccc21. The standard InChI is InChI=1S/C10H14N2O2S/c1-12-7-9(15(11,13)14)6-8-4-2-3-5-10(8)12/h2-5,9H,6-7H2,1H3,(H2,11,13,14). The normalized spacial score (nSPS) is 21.2. The van der Waals surface area contributed by atoms with E-state index in [4.69, 9.17) is 5.14 Å². The van der Waals surface area contributed by atoms with Crippen LogP contribution in [-0.2, 0) is 16.4 Å². The molecule has 1 heterocycles. The molecule has 2 rings (SSSR count). The Kier molecular flexibility index (Phi) is 2.44. The molecule has 0 radical (unpaired) electrons. The third-order valence-corrected chi connectivity index (χ3v) is 4.04. The molecule has 1 aromatic rings. The molecular formula is C10H14N2O2S. The van der Waals surface area contributed by atoms with Crippen molar-refractivity contribution in [1.29, 1.82) is 0 Å². The highest BCUT2D eigenvalue weighted by Crippen LogP contribution is 2.27. The molecule has 0 spiro atoms. The molecule has 1 aromatic carbocycles. The van der Waals surface area contributed by atoms with Crippen molar-refractivity contribution in [3.8, 4) is 0 Å². The van der Waals surface area contributed by atoms with Crippen LogP contribution in [0, 0.1) is 0 Å². The minimum absolute atomic E-state index is 0.468. The highest BCUT2D eigenvalue weighted by Gasteiger charge is 2.29. The van der Waals surface area contributed by atoms with Crippen molar-refractivity contribution in [1.82, 2.24) is 0 Å². The van der Waals surface area contributed by atoms with Gasteiger partial charge in [-0.2, -0.15) is 0 Å². The van der Waals surface area contributed by atoms with Crippen LogP contribution in [0.5, 0.6) is 0 Å². The third kappa shape index (κ3) is 1.98. The molecule has 5 heteroatoms. The molecule has 1 unspecified atom stereocenters. The summed E-state index contributed by atoms with van der Waals surface area (Å²) < 4.78 is 22.6. The van der Waals surface area contributed by atoms with E-state index in [-0.39, 0.29) is 0 Å². The van der Waals surface area contributed by atoms with E-state index in [2.05, 4.69) is 0 Å². The summed E-state index contributed by atoms with van der Waals surface area (Å²) in [6, 6.07) is 7.81. The molecule has 82 valence electrons. The number of anilines is 1. The number of nitrogens with zero attached hydrogens (tertiary/aromatic N) is 1. The first-order valence-electron chi connectivity index (χ1n) is 4.79. The molecule has 1 aliphatic heterocycles. The predicted molar refractivity (Wildman–Crippen MR) is 60.3 cm³/mol. The van der Waals surface area contributed by atoms with Crippen LogP contribution in [0.25, 0.3) is 0 Å². The van der Waals surface area contributed by atoms with Gasteiger partial charge in [-0.25, -0.2) is 13.6 Å². The van der Waals surface area contributed by atoms with E-state index in [1.807, 2.05) is 36.2 Å². The van der Waals surface area contributed by atoms with Crippen LogP contribution >= 0.6 is 0 Å².